The van der Waals surface area contributed by atoms with Crippen LogP contribution < -0.4 is 5.32 Å². The van der Waals surface area contributed by atoms with E-state index < -0.39 is 23.8 Å². The fraction of sp³-hybridized carbons (Fsp3) is 0.143. The molecule has 0 bridgehead atoms. The van der Waals surface area contributed by atoms with Crippen molar-refractivity contribution in [3.05, 3.63) is 62.3 Å². The molecule has 0 aliphatic rings. The number of hydrogen-bond donors (Lipinski definition) is 2. The molecule has 0 saturated carbocycles. The Labute approximate surface area is 141 Å². The molecule has 22 heavy (non-hydrogen) atoms. The van der Waals surface area contributed by atoms with Gasteiger partial charge in [0.2, 0.25) is 0 Å². The number of benzene rings is 1. The molecule has 4 nitrogen and oxygen atoms in total. The number of carboxylic acid groups (broad SMARTS) is 1. The highest BCUT2D eigenvalue weighted by Gasteiger charge is 2.20. The minimum Gasteiger partial charge on any atom is -0.465 e. The monoisotopic (exact) mass is 434 g/mol. The van der Waals surface area contributed by atoms with Crippen LogP contribution in [0.3, 0.4) is 0 Å². The largest absolute Gasteiger partial charge is 0.465 e. The predicted octanol–water partition coefficient (Wildman–Crippen LogP) is 4.44. The van der Waals surface area contributed by atoms with Gasteiger partial charge in [-0.3, -0.25) is 4.98 Å². The molecule has 116 valence electrons. The van der Waals surface area contributed by atoms with Gasteiger partial charge >= 0.3 is 6.09 Å². The average Bonchev–Trinajstić information content (AvgIpc) is 2.36. The lowest BCUT2D eigenvalue weighted by Gasteiger charge is -2.18. The summed E-state index contributed by atoms with van der Waals surface area (Å²) in [4.78, 5) is 15.1. The molecule has 0 aliphatic carbocycles. The first-order valence-corrected chi connectivity index (χ1v) is 7.69. The van der Waals surface area contributed by atoms with Gasteiger partial charge in [0.05, 0.1) is 11.7 Å². The molecule has 8 heteroatoms. The van der Waals surface area contributed by atoms with Gasteiger partial charge in [0.1, 0.15) is 11.6 Å². The van der Waals surface area contributed by atoms with Crippen LogP contribution in [-0.4, -0.2) is 16.2 Å². The minimum absolute atomic E-state index is 0.0637. The van der Waals surface area contributed by atoms with Gasteiger partial charge in [0.15, 0.2) is 0 Å². The molecule has 0 radical (unpaired) electrons. The van der Waals surface area contributed by atoms with Gasteiger partial charge in [0.25, 0.3) is 0 Å². The molecule has 2 rings (SSSR count). The molecule has 1 atom stereocenters. The number of halogens is 4. The average molecular weight is 436 g/mol. The molecule has 1 aromatic heterocycles. The van der Waals surface area contributed by atoms with Crippen molar-refractivity contribution in [2.45, 2.75) is 12.5 Å². The topological polar surface area (TPSA) is 62.2 Å². The third kappa shape index (κ3) is 4.48. The maximum Gasteiger partial charge on any atom is 0.405 e. The van der Waals surface area contributed by atoms with Crippen molar-refractivity contribution in [3.8, 4) is 0 Å². The van der Waals surface area contributed by atoms with E-state index in [9.17, 15) is 13.6 Å². The second-order valence-corrected chi connectivity index (χ2v) is 6.27. The van der Waals surface area contributed by atoms with E-state index in [1.54, 1.807) is 6.07 Å². The summed E-state index contributed by atoms with van der Waals surface area (Å²) in [5.41, 5.74) is 0.753. The van der Waals surface area contributed by atoms with Gasteiger partial charge in [-0.2, -0.15) is 0 Å². The number of amides is 1. The van der Waals surface area contributed by atoms with Crippen molar-refractivity contribution in [2.75, 3.05) is 0 Å². The second kappa shape index (κ2) is 7.15. The van der Waals surface area contributed by atoms with Crippen LogP contribution in [0.4, 0.5) is 13.6 Å². The Morgan fingerprint density at radius 2 is 1.86 bits per heavy atom. The highest BCUT2D eigenvalue weighted by molar-refractivity contribution is 9.11. The van der Waals surface area contributed by atoms with Crippen molar-refractivity contribution in [3.63, 3.8) is 0 Å². The van der Waals surface area contributed by atoms with Gasteiger partial charge in [-0.05, 0) is 62.0 Å². The molecule has 1 unspecified atom stereocenters. The van der Waals surface area contributed by atoms with Crippen LogP contribution in [0.25, 0.3) is 0 Å². The van der Waals surface area contributed by atoms with Crippen LogP contribution >= 0.6 is 31.9 Å². The van der Waals surface area contributed by atoms with Crippen molar-refractivity contribution >= 4 is 38.0 Å². The summed E-state index contributed by atoms with van der Waals surface area (Å²) in [5, 5.41) is 11.3. The fourth-order valence-corrected chi connectivity index (χ4v) is 3.27. The zero-order valence-corrected chi connectivity index (χ0v) is 14.2. The molecule has 0 saturated heterocycles. The summed E-state index contributed by atoms with van der Waals surface area (Å²) in [5.74, 6) is -1.43. The van der Waals surface area contributed by atoms with Gasteiger partial charge < -0.3 is 10.4 Å². The van der Waals surface area contributed by atoms with Crippen molar-refractivity contribution in [1.82, 2.24) is 10.3 Å². The summed E-state index contributed by atoms with van der Waals surface area (Å²) in [6.45, 7) is 0. The molecule has 1 amide bonds. The summed E-state index contributed by atoms with van der Waals surface area (Å²) in [6.07, 6.45) is 0.329. The molecular formula is C14H10Br2F2N2O2. The van der Waals surface area contributed by atoms with Crippen LogP contribution in [0.15, 0.2) is 39.4 Å². The standard InChI is InChI=1S/C14H10Br2F2N2O2/c15-8-4-11(16)13(19-6-8)12(20-14(21)22)3-7-1-9(17)5-10(18)2-7/h1-2,4-6,12,20H,3H2,(H,21,22). The number of rotatable bonds is 4. The number of aromatic nitrogens is 1. The summed E-state index contributed by atoms with van der Waals surface area (Å²) in [6, 6.07) is 4.04. The maximum absolute atomic E-state index is 13.3. The molecule has 0 spiro atoms. The number of nitrogens with one attached hydrogen (secondary N) is 1. The first kappa shape index (κ1) is 16.8. The predicted molar refractivity (Wildman–Crippen MR) is 83.6 cm³/mol. The highest BCUT2D eigenvalue weighted by atomic mass is 79.9. The molecular weight excluding hydrogens is 426 g/mol. The highest BCUT2D eigenvalue weighted by Crippen LogP contribution is 2.27. The van der Waals surface area contributed by atoms with Crippen LogP contribution in [-0.2, 0) is 6.42 Å². The normalized spacial score (nSPS) is 12.0. The van der Waals surface area contributed by atoms with Gasteiger partial charge in [0, 0.05) is 21.2 Å². The van der Waals surface area contributed by atoms with Crippen molar-refractivity contribution < 1.29 is 18.7 Å². The fourth-order valence-electron chi connectivity index (χ4n) is 2.01. The van der Waals surface area contributed by atoms with Crippen molar-refractivity contribution in [2.24, 2.45) is 0 Å². The van der Waals surface area contributed by atoms with Crippen molar-refractivity contribution in [1.29, 1.82) is 0 Å². The molecule has 0 aliphatic heterocycles. The van der Waals surface area contributed by atoms with Crippen LogP contribution in [0.2, 0.25) is 0 Å². The maximum atomic E-state index is 13.3. The van der Waals surface area contributed by atoms with E-state index in [0.29, 0.717) is 20.2 Å². The van der Waals surface area contributed by atoms with E-state index in [1.807, 2.05) is 0 Å². The van der Waals surface area contributed by atoms with E-state index in [-0.39, 0.29) is 6.42 Å². The number of hydrogen-bond acceptors (Lipinski definition) is 2. The zero-order valence-electron chi connectivity index (χ0n) is 11.0. The Morgan fingerprint density at radius 1 is 1.23 bits per heavy atom. The number of nitrogens with zero attached hydrogens (tertiary/aromatic N) is 1. The SMILES string of the molecule is O=C(O)NC(Cc1cc(F)cc(F)c1)c1ncc(Br)cc1Br. The van der Waals surface area contributed by atoms with Gasteiger partial charge in [-0.1, -0.05) is 0 Å². The van der Waals surface area contributed by atoms with E-state index in [2.05, 4.69) is 42.2 Å². The van der Waals surface area contributed by atoms with E-state index in [0.717, 1.165) is 18.2 Å². The molecule has 2 aromatic rings. The quantitative estimate of drug-likeness (QED) is 0.746. The van der Waals surface area contributed by atoms with Crippen LogP contribution in [0.5, 0.6) is 0 Å². The Bertz CT molecular complexity index is 693. The third-order valence-electron chi connectivity index (χ3n) is 2.83. The van der Waals surface area contributed by atoms with Crippen LogP contribution in [0.1, 0.15) is 17.3 Å². The first-order valence-electron chi connectivity index (χ1n) is 6.10. The Morgan fingerprint density at radius 3 is 2.41 bits per heavy atom. The van der Waals surface area contributed by atoms with Gasteiger partial charge in [-0.15, -0.1) is 0 Å². The zero-order chi connectivity index (χ0) is 16.3. The Balaban J connectivity index is 2.35. The Kier molecular flexibility index (Phi) is 5.47. The molecule has 0 fully saturated rings. The van der Waals surface area contributed by atoms with E-state index in [4.69, 9.17) is 5.11 Å². The minimum atomic E-state index is -1.25. The Hall–Kier alpha value is -1.54. The lowest BCUT2D eigenvalue weighted by atomic mass is 10.0. The summed E-state index contributed by atoms with van der Waals surface area (Å²) < 4.78 is 27.8. The first-order chi connectivity index (χ1) is 10.3. The third-order valence-corrected chi connectivity index (χ3v) is 3.90. The lowest BCUT2D eigenvalue weighted by Crippen LogP contribution is -2.29. The van der Waals surface area contributed by atoms with Gasteiger partial charge in [-0.25, -0.2) is 13.6 Å². The second-order valence-electron chi connectivity index (χ2n) is 4.50. The summed E-state index contributed by atoms with van der Waals surface area (Å²) in [7, 11) is 0. The van der Waals surface area contributed by atoms with E-state index in [1.165, 1.54) is 6.20 Å². The van der Waals surface area contributed by atoms with E-state index >= 15 is 0 Å². The smallest absolute Gasteiger partial charge is 0.405 e. The lowest BCUT2D eigenvalue weighted by molar-refractivity contribution is 0.189. The molecule has 2 N–H and O–H groups in total. The number of carbonyl (C=O) groups is 1. The molecule has 1 aromatic carbocycles. The summed E-state index contributed by atoms with van der Waals surface area (Å²) >= 11 is 6.56. The number of pyridine rings is 1. The van der Waals surface area contributed by atoms with Crippen LogP contribution in [0, 0.1) is 11.6 Å². The molecule has 1 heterocycles.